The van der Waals surface area contributed by atoms with Gasteiger partial charge in [0.2, 0.25) is 0 Å². The van der Waals surface area contributed by atoms with Gasteiger partial charge in [0, 0.05) is 26.2 Å². The van der Waals surface area contributed by atoms with E-state index in [1.807, 2.05) is 11.9 Å². The Hall–Kier alpha value is -0.770. The highest BCUT2D eigenvalue weighted by Crippen LogP contribution is 2.26. The van der Waals surface area contributed by atoms with Gasteiger partial charge in [-0.25, -0.2) is 4.79 Å². The molecule has 2 amide bonds. The van der Waals surface area contributed by atoms with Crippen molar-refractivity contribution in [2.75, 3.05) is 20.2 Å². The molecule has 0 aromatic carbocycles. The highest BCUT2D eigenvalue weighted by Gasteiger charge is 2.24. The SMILES string of the molecule is CC1CCC(N(C)C(=O)NCCCOC2CCCCC2)CC1. The summed E-state index contributed by atoms with van der Waals surface area (Å²) in [5, 5.41) is 3.04. The fourth-order valence-electron chi connectivity index (χ4n) is 3.67. The Morgan fingerprint density at radius 3 is 2.45 bits per heavy atom. The molecule has 0 aromatic heterocycles. The third kappa shape index (κ3) is 5.79. The van der Waals surface area contributed by atoms with E-state index >= 15 is 0 Å². The van der Waals surface area contributed by atoms with E-state index in [2.05, 4.69) is 12.2 Å². The van der Waals surface area contributed by atoms with Crippen LogP contribution in [0, 0.1) is 5.92 Å². The minimum absolute atomic E-state index is 0.0808. The fraction of sp³-hybridized carbons (Fsp3) is 0.944. The Morgan fingerprint density at radius 1 is 1.09 bits per heavy atom. The summed E-state index contributed by atoms with van der Waals surface area (Å²) in [6.45, 7) is 3.80. The van der Waals surface area contributed by atoms with Gasteiger partial charge in [0.1, 0.15) is 0 Å². The molecule has 0 bridgehead atoms. The number of carbonyl (C=O) groups is 1. The minimum atomic E-state index is 0.0808. The summed E-state index contributed by atoms with van der Waals surface area (Å²) in [6.07, 6.45) is 12.6. The number of amides is 2. The van der Waals surface area contributed by atoms with Gasteiger partial charge in [-0.3, -0.25) is 0 Å². The van der Waals surface area contributed by atoms with Gasteiger partial charge in [0.15, 0.2) is 0 Å². The van der Waals surface area contributed by atoms with Crippen LogP contribution in [0.1, 0.15) is 71.1 Å². The maximum atomic E-state index is 12.2. The zero-order chi connectivity index (χ0) is 15.8. The molecule has 128 valence electrons. The number of hydrogen-bond acceptors (Lipinski definition) is 2. The first kappa shape index (κ1) is 17.6. The van der Waals surface area contributed by atoms with E-state index in [9.17, 15) is 4.79 Å². The second-order valence-corrected chi connectivity index (χ2v) is 7.24. The molecule has 2 rings (SSSR count). The lowest BCUT2D eigenvalue weighted by Gasteiger charge is -2.33. The lowest BCUT2D eigenvalue weighted by Crippen LogP contribution is -2.45. The summed E-state index contributed by atoms with van der Waals surface area (Å²) < 4.78 is 5.89. The van der Waals surface area contributed by atoms with Crippen molar-refractivity contribution < 1.29 is 9.53 Å². The van der Waals surface area contributed by atoms with Crippen molar-refractivity contribution in [2.24, 2.45) is 5.92 Å². The number of rotatable bonds is 6. The fourth-order valence-corrected chi connectivity index (χ4v) is 3.67. The standard InChI is InChI=1S/C18H34N2O2/c1-15-9-11-16(12-10-15)20(2)18(21)19-13-6-14-22-17-7-4-3-5-8-17/h15-17H,3-14H2,1-2H3,(H,19,21). The second kappa shape index (κ2) is 9.39. The highest BCUT2D eigenvalue weighted by atomic mass is 16.5. The van der Waals surface area contributed by atoms with Crippen LogP contribution in [-0.2, 0) is 4.74 Å². The van der Waals surface area contributed by atoms with E-state index in [0.29, 0.717) is 12.1 Å². The molecule has 0 spiro atoms. The van der Waals surface area contributed by atoms with Crippen LogP contribution in [0.2, 0.25) is 0 Å². The van der Waals surface area contributed by atoms with Gasteiger partial charge < -0.3 is 15.0 Å². The molecule has 4 nitrogen and oxygen atoms in total. The highest BCUT2D eigenvalue weighted by molar-refractivity contribution is 5.74. The van der Waals surface area contributed by atoms with Crippen molar-refractivity contribution in [1.82, 2.24) is 10.2 Å². The van der Waals surface area contributed by atoms with Crippen molar-refractivity contribution in [3.05, 3.63) is 0 Å². The van der Waals surface area contributed by atoms with Gasteiger partial charge in [-0.1, -0.05) is 26.2 Å². The Balaban J connectivity index is 1.53. The van der Waals surface area contributed by atoms with Gasteiger partial charge in [-0.15, -0.1) is 0 Å². The molecule has 2 aliphatic carbocycles. The third-order valence-corrected chi connectivity index (χ3v) is 5.36. The van der Waals surface area contributed by atoms with Crippen molar-refractivity contribution in [2.45, 2.75) is 83.3 Å². The molecule has 22 heavy (non-hydrogen) atoms. The Kier molecular flexibility index (Phi) is 7.50. The molecule has 0 heterocycles. The number of urea groups is 1. The van der Waals surface area contributed by atoms with Gasteiger partial charge in [0.05, 0.1) is 6.10 Å². The predicted octanol–water partition coefficient (Wildman–Crippen LogP) is 3.95. The van der Waals surface area contributed by atoms with Crippen LogP contribution in [0.4, 0.5) is 4.79 Å². The van der Waals surface area contributed by atoms with Crippen LogP contribution < -0.4 is 5.32 Å². The average molecular weight is 310 g/mol. The quantitative estimate of drug-likeness (QED) is 0.755. The number of nitrogens with zero attached hydrogens (tertiary/aromatic N) is 1. The molecule has 0 atom stereocenters. The Labute approximate surface area is 136 Å². The topological polar surface area (TPSA) is 41.6 Å². The van der Waals surface area contributed by atoms with Gasteiger partial charge >= 0.3 is 6.03 Å². The summed E-state index contributed by atoms with van der Waals surface area (Å²) in [5.74, 6) is 0.824. The Morgan fingerprint density at radius 2 is 1.77 bits per heavy atom. The molecule has 0 saturated heterocycles. The lowest BCUT2D eigenvalue weighted by atomic mass is 9.87. The normalized spacial score (nSPS) is 26.6. The number of carbonyl (C=O) groups excluding carboxylic acids is 1. The maximum Gasteiger partial charge on any atom is 0.317 e. The minimum Gasteiger partial charge on any atom is -0.378 e. The first-order chi connectivity index (χ1) is 10.7. The average Bonchev–Trinajstić information content (AvgIpc) is 2.55. The summed E-state index contributed by atoms with van der Waals surface area (Å²) in [5.41, 5.74) is 0. The molecule has 0 aliphatic heterocycles. The third-order valence-electron chi connectivity index (χ3n) is 5.36. The maximum absolute atomic E-state index is 12.2. The first-order valence-corrected chi connectivity index (χ1v) is 9.29. The van der Waals surface area contributed by atoms with Gasteiger partial charge in [-0.05, 0) is 50.9 Å². The van der Waals surface area contributed by atoms with Crippen LogP contribution >= 0.6 is 0 Å². The van der Waals surface area contributed by atoms with Crippen LogP contribution in [0.15, 0.2) is 0 Å². The van der Waals surface area contributed by atoms with Crippen molar-refractivity contribution in [1.29, 1.82) is 0 Å². The van der Waals surface area contributed by atoms with Crippen LogP contribution in [0.5, 0.6) is 0 Å². The van der Waals surface area contributed by atoms with E-state index in [-0.39, 0.29) is 6.03 Å². The number of ether oxygens (including phenoxy) is 1. The van der Waals surface area contributed by atoms with E-state index in [4.69, 9.17) is 4.74 Å². The summed E-state index contributed by atoms with van der Waals surface area (Å²) in [4.78, 5) is 14.1. The molecule has 0 unspecified atom stereocenters. The van der Waals surface area contributed by atoms with Crippen molar-refractivity contribution in [3.63, 3.8) is 0 Å². The summed E-state index contributed by atoms with van der Waals surface area (Å²) in [7, 11) is 1.94. The van der Waals surface area contributed by atoms with Crippen LogP contribution in [0.25, 0.3) is 0 Å². The predicted molar refractivity (Wildman–Crippen MR) is 90.0 cm³/mol. The molecule has 4 heteroatoms. The molecule has 2 saturated carbocycles. The van der Waals surface area contributed by atoms with Gasteiger partial charge in [-0.2, -0.15) is 0 Å². The smallest absolute Gasteiger partial charge is 0.317 e. The molecular formula is C18H34N2O2. The summed E-state index contributed by atoms with van der Waals surface area (Å²) in [6, 6.07) is 0.506. The first-order valence-electron chi connectivity index (χ1n) is 9.29. The van der Waals surface area contributed by atoms with Crippen LogP contribution in [-0.4, -0.2) is 43.3 Å². The summed E-state index contributed by atoms with van der Waals surface area (Å²) >= 11 is 0. The molecule has 2 fully saturated rings. The molecule has 0 aromatic rings. The van der Waals surface area contributed by atoms with Crippen molar-refractivity contribution in [3.8, 4) is 0 Å². The van der Waals surface area contributed by atoms with Crippen molar-refractivity contribution >= 4 is 6.03 Å². The molecule has 0 radical (unpaired) electrons. The zero-order valence-corrected chi connectivity index (χ0v) is 14.5. The largest absolute Gasteiger partial charge is 0.378 e. The molecule has 2 aliphatic rings. The zero-order valence-electron chi connectivity index (χ0n) is 14.5. The Bertz CT molecular complexity index is 321. The van der Waals surface area contributed by atoms with Crippen LogP contribution in [0.3, 0.4) is 0 Å². The number of nitrogens with one attached hydrogen (secondary N) is 1. The van der Waals surface area contributed by atoms with E-state index in [1.165, 1.54) is 44.9 Å². The van der Waals surface area contributed by atoms with E-state index in [0.717, 1.165) is 38.3 Å². The molecular weight excluding hydrogens is 276 g/mol. The second-order valence-electron chi connectivity index (χ2n) is 7.24. The van der Waals surface area contributed by atoms with Gasteiger partial charge in [0.25, 0.3) is 0 Å². The lowest BCUT2D eigenvalue weighted by molar-refractivity contribution is 0.0274. The van der Waals surface area contributed by atoms with E-state index < -0.39 is 0 Å². The number of hydrogen-bond donors (Lipinski definition) is 1. The van der Waals surface area contributed by atoms with E-state index in [1.54, 1.807) is 0 Å². The molecule has 1 N–H and O–H groups in total. The monoisotopic (exact) mass is 310 g/mol.